The van der Waals surface area contributed by atoms with Gasteiger partial charge in [0.05, 0.1) is 0 Å². The Morgan fingerprint density at radius 3 is 2.57 bits per heavy atom. The first kappa shape index (κ1) is 9.38. The third-order valence-corrected chi connectivity index (χ3v) is 3.05. The molecule has 0 amide bonds. The van der Waals surface area contributed by atoms with Crippen molar-refractivity contribution < 1.29 is 10.2 Å². The fourth-order valence-electron chi connectivity index (χ4n) is 2.26. The van der Waals surface area contributed by atoms with E-state index in [1.807, 2.05) is 0 Å². The molecule has 2 heteroatoms. The van der Waals surface area contributed by atoms with Gasteiger partial charge in [-0.2, -0.15) is 0 Å². The Labute approximate surface area is 84.2 Å². The summed E-state index contributed by atoms with van der Waals surface area (Å²) in [6, 6.07) is 4.76. The fraction of sp³-hybridized carbons (Fsp3) is 0.500. The molecule has 2 nitrogen and oxygen atoms in total. The zero-order valence-electron chi connectivity index (χ0n) is 8.24. The Balaban J connectivity index is 2.10. The van der Waals surface area contributed by atoms with Gasteiger partial charge in [-0.25, -0.2) is 0 Å². The van der Waals surface area contributed by atoms with Gasteiger partial charge in [0.25, 0.3) is 0 Å². The molecule has 2 N–H and O–H groups in total. The number of hydrogen-bond acceptors (Lipinski definition) is 2. The van der Waals surface area contributed by atoms with E-state index >= 15 is 0 Å². The molecule has 14 heavy (non-hydrogen) atoms. The lowest BCUT2D eigenvalue weighted by molar-refractivity contribution is 0.444. The molecule has 0 spiro atoms. The zero-order chi connectivity index (χ0) is 9.97. The monoisotopic (exact) mass is 192 g/mol. The van der Waals surface area contributed by atoms with Gasteiger partial charge in [-0.3, -0.25) is 0 Å². The van der Waals surface area contributed by atoms with Gasteiger partial charge >= 0.3 is 0 Å². The minimum Gasteiger partial charge on any atom is -0.508 e. The molecular formula is C12H16O2. The predicted molar refractivity (Wildman–Crippen MR) is 55.4 cm³/mol. The highest BCUT2D eigenvalue weighted by molar-refractivity contribution is 5.38. The van der Waals surface area contributed by atoms with E-state index in [-0.39, 0.29) is 5.75 Å². The quantitative estimate of drug-likeness (QED) is 0.707. The molecule has 0 unspecified atom stereocenters. The van der Waals surface area contributed by atoms with Crippen LogP contribution in [0.3, 0.4) is 0 Å². The van der Waals surface area contributed by atoms with Crippen LogP contribution in [0, 0.1) is 5.92 Å². The molecule has 2 rings (SSSR count). The second kappa shape index (κ2) is 3.91. The van der Waals surface area contributed by atoms with Crippen molar-refractivity contribution in [2.75, 3.05) is 0 Å². The van der Waals surface area contributed by atoms with Crippen LogP contribution in [0.25, 0.3) is 0 Å². The maximum atomic E-state index is 9.58. The Hall–Kier alpha value is -1.18. The molecule has 0 bridgehead atoms. The molecule has 1 saturated carbocycles. The van der Waals surface area contributed by atoms with Crippen LogP contribution in [0.4, 0.5) is 0 Å². The van der Waals surface area contributed by atoms with Crippen LogP contribution in [0.5, 0.6) is 11.5 Å². The summed E-state index contributed by atoms with van der Waals surface area (Å²) in [5.41, 5.74) is 0.886. The summed E-state index contributed by atoms with van der Waals surface area (Å²) in [4.78, 5) is 0. The van der Waals surface area contributed by atoms with Gasteiger partial charge in [0.15, 0.2) is 0 Å². The third kappa shape index (κ3) is 2.00. The molecular weight excluding hydrogens is 176 g/mol. The average molecular weight is 192 g/mol. The minimum absolute atomic E-state index is 0.246. The van der Waals surface area contributed by atoms with Gasteiger partial charge in [0.1, 0.15) is 11.5 Å². The van der Waals surface area contributed by atoms with E-state index in [4.69, 9.17) is 0 Å². The number of benzene rings is 1. The summed E-state index contributed by atoms with van der Waals surface area (Å²) in [6.45, 7) is 0. The first-order valence-corrected chi connectivity index (χ1v) is 5.26. The van der Waals surface area contributed by atoms with E-state index in [1.165, 1.54) is 31.7 Å². The van der Waals surface area contributed by atoms with Gasteiger partial charge < -0.3 is 10.2 Å². The molecule has 0 aromatic heterocycles. The van der Waals surface area contributed by atoms with Crippen molar-refractivity contribution in [3.05, 3.63) is 23.8 Å². The van der Waals surface area contributed by atoms with Gasteiger partial charge in [-0.1, -0.05) is 25.7 Å². The molecule has 1 aliphatic carbocycles. The normalized spacial score (nSPS) is 17.4. The molecule has 0 aliphatic heterocycles. The zero-order valence-corrected chi connectivity index (χ0v) is 8.24. The van der Waals surface area contributed by atoms with Gasteiger partial charge in [-0.15, -0.1) is 0 Å². The highest BCUT2D eigenvalue weighted by Gasteiger charge is 2.17. The van der Waals surface area contributed by atoms with Crippen LogP contribution in [-0.2, 0) is 6.42 Å². The van der Waals surface area contributed by atoms with Crippen LogP contribution in [0.15, 0.2) is 18.2 Å². The van der Waals surface area contributed by atoms with Crippen LogP contribution in [-0.4, -0.2) is 10.2 Å². The van der Waals surface area contributed by atoms with Gasteiger partial charge in [0.2, 0.25) is 0 Å². The van der Waals surface area contributed by atoms with Crippen LogP contribution in [0.2, 0.25) is 0 Å². The first-order chi connectivity index (χ1) is 6.75. The maximum absolute atomic E-state index is 9.58. The van der Waals surface area contributed by atoms with Crippen LogP contribution in [0.1, 0.15) is 31.2 Å². The smallest absolute Gasteiger partial charge is 0.119 e. The molecule has 0 heterocycles. The Morgan fingerprint density at radius 1 is 1.14 bits per heavy atom. The largest absolute Gasteiger partial charge is 0.508 e. The van der Waals surface area contributed by atoms with Gasteiger partial charge in [0, 0.05) is 0 Å². The van der Waals surface area contributed by atoms with E-state index in [2.05, 4.69) is 0 Å². The molecule has 76 valence electrons. The highest BCUT2D eigenvalue weighted by Crippen LogP contribution is 2.32. The van der Waals surface area contributed by atoms with Crippen molar-refractivity contribution in [1.29, 1.82) is 0 Å². The van der Waals surface area contributed by atoms with E-state index in [0.29, 0.717) is 11.7 Å². The molecule has 1 aliphatic rings. The molecule has 1 fully saturated rings. The number of aromatic hydroxyl groups is 2. The van der Waals surface area contributed by atoms with E-state index in [9.17, 15) is 10.2 Å². The lowest BCUT2D eigenvalue weighted by Crippen LogP contribution is -1.98. The SMILES string of the molecule is Oc1ccc(O)c(CC2CCCC2)c1. The molecule has 1 aromatic carbocycles. The summed E-state index contributed by atoms with van der Waals surface area (Å²) in [5, 5.41) is 18.9. The van der Waals surface area contributed by atoms with Gasteiger partial charge in [-0.05, 0) is 36.1 Å². The van der Waals surface area contributed by atoms with Crippen molar-refractivity contribution >= 4 is 0 Å². The molecule has 1 aromatic rings. The van der Waals surface area contributed by atoms with Crippen molar-refractivity contribution in [2.45, 2.75) is 32.1 Å². The Morgan fingerprint density at radius 2 is 1.86 bits per heavy atom. The van der Waals surface area contributed by atoms with E-state index < -0.39 is 0 Å². The standard InChI is InChI=1S/C12H16O2/c13-11-5-6-12(14)10(8-11)7-9-3-1-2-4-9/h5-6,8-9,13-14H,1-4,7H2. The summed E-state index contributed by atoms with van der Waals surface area (Å²) in [7, 11) is 0. The van der Waals surface area contributed by atoms with Crippen molar-refractivity contribution in [1.82, 2.24) is 0 Å². The van der Waals surface area contributed by atoms with Crippen LogP contribution >= 0.6 is 0 Å². The third-order valence-electron chi connectivity index (χ3n) is 3.05. The van der Waals surface area contributed by atoms with Crippen LogP contribution < -0.4 is 0 Å². The van der Waals surface area contributed by atoms with Crippen molar-refractivity contribution in [2.24, 2.45) is 5.92 Å². The molecule has 0 radical (unpaired) electrons. The second-order valence-electron chi connectivity index (χ2n) is 4.17. The summed E-state index contributed by atoms with van der Waals surface area (Å²) >= 11 is 0. The Kier molecular flexibility index (Phi) is 2.62. The van der Waals surface area contributed by atoms with Crippen molar-refractivity contribution in [3.8, 4) is 11.5 Å². The van der Waals surface area contributed by atoms with E-state index in [1.54, 1.807) is 12.1 Å². The molecule has 0 atom stereocenters. The van der Waals surface area contributed by atoms with Crippen molar-refractivity contribution in [3.63, 3.8) is 0 Å². The highest BCUT2D eigenvalue weighted by atomic mass is 16.3. The predicted octanol–water partition coefficient (Wildman–Crippen LogP) is 2.83. The minimum atomic E-state index is 0.246. The topological polar surface area (TPSA) is 40.5 Å². The fourth-order valence-corrected chi connectivity index (χ4v) is 2.26. The number of rotatable bonds is 2. The molecule has 0 saturated heterocycles. The number of phenols is 2. The lowest BCUT2D eigenvalue weighted by Gasteiger charge is -2.10. The first-order valence-electron chi connectivity index (χ1n) is 5.26. The lowest BCUT2D eigenvalue weighted by atomic mass is 9.97. The maximum Gasteiger partial charge on any atom is 0.119 e. The summed E-state index contributed by atoms with van der Waals surface area (Å²) in [6.07, 6.45) is 6.04. The van der Waals surface area contributed by atoms with E-state index in [0.717, 1.165) is 12.0 Å². The average Bonchev–Trinajstić information content (AvgIpc) is 2.64. The second-order valence-corrected chi connectivity index (χ2v) is 4.17. The summed E-state index contributed by atoms with van der Waals surface area (Å²) in [5.74, 6) is 1.26. The Bertz CT molecular complexity index is 314. The number of hydrogen-bond donors (Lipinski definition) is 2. The number of phenolic OH excluding ortho intramolecular Hbond substituents is 2. The summed E-state index contributed by atoms with van der Waals surface area (Å²) < 4.78 is 0.